The van der Waals surface area contributed by atoms with Crippen molar-refractivity contribution in [3.8, 4) is 11.4 Å². The molecule has 0 fully saturated rings. The zero-order chi connectivity index (χ0) is 13.1. The van der Waals surface area contributed by atoms with Crippen LogP contribution in [-0.4, -0.2) is 21.1 Å². The van der Waals surface area contributed by atoms with Crippen molar-refractivity contribution in [1.29, 1.82) is 0 Å². The van der Waals surface area contributed by atoms with E-state index in [1.54, 1.807) is 7.05 Å². The number of hydrogen-bond donors (Lipinski definition) is 1. The Hall–Kier alpha value is -2.21. The zero-order valence-electron chi connectivity index (χ0n) is 10.4. The summed E-state index contributed by atoms with van der Waals surface area (Å²) in [5.74, 6) is 6.51. The second-order valence-electron chi connectivity index (χ2n) is 3.84. The van der Waals surface area contributed by atoms with E-state index in [4.69, 9.17) is 5.84 Å². The highest BCUT2D eigenvalue weighted by molar-refractivity contribution is 5.56. The lowest BCUT2D eigenvalue weighted by Crippen LogP contribution is -2.36. The van der Waals surface area contributed by atoms with Gasteiger partial charge in [0.1, 0.15) is 5.82 Å². The van der Waals surface area contributed by atoms with E-state index >= 15 is 0 Å². The van der Waals surface area contributed by atoms with Crippen LogP contribution in [0, 0.1) is 0 Å². The Morgan fingerprint density at radius 1 is 1.28 bits per heavy atom. The molecular weight excluding hydrogens is 230 g/mol. The Morgan fingerprint density at radius 3 is 2.56 bits per heavy atom. The number of nitrogens with two attached hydrogens (primary N) is 1. The normalized spacial score (nSPS) is 10.4. The second kappa shape index (κ2) is 4.97. The largest absolute Gasteiger partial charge is 0.352 e. The Kier molecular flexibility index (Phi) is 3.38. The van der Waals surface area contributed by atoms with Crippen LogP contribution in [0.1, 0.15) is 6.92 Å². The van der Waals surface area contributed by atoms with Crippen molar-refractivity contribution in [2.24, 2.45) is 12.9 Å². The molecule has 0 bridgehead atoms. The zero-order valence-corrected chi connectivity index (χ0v) is 10.4. The lowest BCUT2D eigenvalue weighted by Gasteiger charge is -2.15. The van der Waals surface area contributed by atoms with Gasteiger partial charge in [-0.25, -0.2) is 10.6 Å². The van der Waals surface area contributed by atoms with Gasteiger partial charge in [0.2, 0.25) is 5.95 Å². The predicted molar refractivity (Wildman–Crippen MR) is 69.9 cm³/mol. The molecule has 6 heteroatoms. The van der Waals surface area contributed by atoms with E-state index in [2.05, 4.69) is 9.97 Å². The van der Waals surface area contributed by atoms with Crippen molar-refractivity contribution in [3.63, 3.8) is 0 Å². The Morgan fingerprint density at radius 2 is 1.94 bits per heavy atom. The standard InChI is InChI=1S/C12H15N5O/c1-3-17(13)11-14-10(16(2)12(18)15-11)9-7-5-4-6-8-9/h4-8H,3,13H2,1-2H3. The number of benzene rings is 1. The minimum atomic E-state index is -0.372. The van der Waals surface area contributed by atoms with Gasteiger partial charge in [0.25, 0.3) is 0 Å². The van der Waals surface area contributed by atoms with Crippen LogP contribution in [-0.2, 0) is 7.05 Å². The molecule has 0 saturated carbocycles. The number of anilines is 1. The average Bonchev–Trinajstić information content (AvgIpc) is 2.41. The Balaban J connectivity index is 2.60. The van der Waals surface area contributed by atoms with E-state index in [1.807, 2.05) is 37.3 Å². The molecule has 0 radical (unpaired) electrons. The number of nitrogens with zero attached hydrogens (tertiary/aromatic N) is 4. The van der Waals surface area contributed by atoms with Crippen LogP contribution < -0.4 is 16.5 Å². The summed E-state index contributed by atoms with van der Waals surface area (Å²) in [6.45, 7) is 2.39. The maximum Gasteiger partial charge on any atom is 0.352 e. The summed E-state index contributed by atoms with van der Waals surface area (Å²) in [5, 5.41) is 1.34. The first-order valence-corrected chi connectivity index (χ1v) is 5.66. The molecule has 0 spiro atoms. The fourth-order valence-corrected chi connectivity index (χ4v) is 1.56. The third kappa shape index (κ3) is 2.23. The SMILES string of the molecule is CCN(N)c1nc(-c2ccccc2)n(C)c(=O)n1. The number of hydrazine groups is 1. The Bertz CT molecular complexity index is 593. The second-order valence-corrected chi connectivity index (χ2v) is 3.84. The molecule has 0 aliphatic rings. The molecule has 0 aliphatic heterocycles. The average molecular weight is 245 g/mol. The summed E-state index contributed by atoms with van der Waals surface area (Å²) in [5.41, 5.74) is 0.480. The van der Waals surface area contributed by atoms with Gasteiger partial charge in [-0.2, -0.15) is 9.97 Å². The van der Waals surface area contributed by atoms with E-state index in [-0.39, 0.29) is 11.6 Å². The van der Waals surface area contributed by atoms with Crippen LogP contribution in [0.3, 0.4) is 0 Å². The molecule has 0 aliphatic carbocycles. The quantitative estimate of drug-likeness (QED) is 0.631. The minimum Gasteiger partial charge on any atom is -0.279 e. The molecule has 0 amide bonds. The van der Waals surface area contributed by atoms with Crippen LogP contribution in [0.15, 0.2) is 35.1 Å². The minimum absolute atomic E-state index is 0.236. The van der Waals surface area contributed by atoms with Gasteiger partial charge in [-0.1, -0.05) is 30.3 Å². The van der Waals surface area contributed by atoms with E-state index in [1.165, 1.54) is 9.58 Å². The van der Waals surface area contributed by atoms with Gasteiger partial charge in [0.15, 0.2) is 0 Å². The van der Waals surface area contributed by atoms with Crippen molar-refractivity contribution < 1.29 is 0 Å². The van der Waals surface area contributed by atoms with Crippen molar-refractivity contribution in [3.05, 3.63) is 40.8 Å². The first-order chi connectivity index (χ1) is 8.63. The van der Waals surface area contributed by atoms with Crippen LogP contribution >= 0.6 is 0 Å². The maximum absolute atomic E-state index is 11.8. The van der Waals surface area contributed by atoms with Gasteiger partial charge in [0.05, 0.1) is 0 Å². The maximum atomic E-state index is 11.8. The first kappa shape index (κ1) is 12.3. The topological polar surface area (TPSA) is 77.0 Å². The predicted octanol–water partition coefficient (Wildman–Crippen LogP) is 0.542. The fraction of sp³-hybridized carbons (Fsp3) is 0.250. The lowest BCUT2D eigenvalue weighted by atomic mass is 10.2. The smallest absolute Gasteiger partial charge is 0.279 e. The third-order valence-corrected chi connectivity index (χ3v) is 2.64. The van der Waals surface area contributed by atoms with Gasteiger partial charge < -0.3 is 0 Å². The lowest BCUT2D eigenvalue weighted by molar-refractivity contribution is 0.747. The molecule has 1 heterocycles. The summed E-state index contributed by atoms with van der Waals surface area (Å²) < 4.78 is 1.41. The molecule has 0 saturated heterocycles. The van der Waals surface area contributed by atoms with Crippen molar-refractivity contribution >= 4 is 5.95 Å². The molecule has 2 N–H and O–H groups in total. The molecule has 6 nitrogen and oxygen atoms in total. The third-order valence-electron chi connectivity index (χ3n) is 2.64. The first-order valence-electron chi connectivity index (χ1n) is 5.66. The molecule has 1 aromatic heterocycles. The molecule has 0 unspecified atom stereocenters. The molecular formula is C12H15N5O. The fourth-order valence-electron chi connectivity index (χ4n) is 1.56. The molecule has 94 valence electrons. The highest BCUT2D eigenvalue weighted by atomic mass is 16.1. The van der Waals surface area contributed by atoms with E-state index in [0.29, 0.717) is 12.4 Å². The van der Waals surface area contributed by atoms with Crippen molar-refractivity contribution in [2.75, 3.05) is 11.6 Å². The van der Waals surface area contributed by atoms with Gasteiger partial charge in [0, 0.05) is 19.2 Å². The molecule has 18 heavy (non-hydrogen) atoms. The van der Waals surface area contributed by atoms with Crippen molar-refractivity contribution in [2.45, 2.75) is 6.92 Å². The van der Waals surface area contributed by atoms with E-state index < -0.39 is 0 Å². The van der Waals surface area contributed by atoms with Crippen molar-refractivity contribution in [1.82, 2.24) is 14.5 Å². The summed E-state index contributed by atoms with van der Waals surface area (Å²) in [6.07, 6.45) is 0. The number of hydrogen-bond acceptors (Lipinski definition) is 5. The van der Waals surface area contributed by atoms with Gasteiger partial charge in [-0.15, -0.1) is 0 Å². The van der Waals surface area contributed by atoms with Crippen LogP contribution in [0.4, 0.5) is 5.95 Å². The van der Waals surface area contributed by atoms with E-state index in [0.717, 1.165) is 5.56 Å². The number of rotatable bonds is 3. The van der Waals surface area contributed by atoms with Crippen LogP contribution in [0.25, 0.3) is 11.4 Å². The van der Waals surface area contributed by atoms with Crippen LogP contribution in [0.2, 0.25) is 0 Å². The highest BCUT2D eigenvalue weighted by Crippen LogP contribution is 2.15. The van der Waals surface area contributed by atoms with Gasteiger partial charge >= 0.3 is 5.69 Å². The molecule has 2 aromatic rings. The Labute approximate surface area is 105 Å². The molecule has 0 atom stereocenters. The summed E-state index contributed by atoms with van der Waals surface area (Å²) in [4.78, 5) is 19.9. The van der Waals surface area contributed by atoms with E-state index in [9.17, 15) is 4.79 Å². The number of aromatic nitrogens is 3. The molecule has 1 aromatic carbocycles. The van der Waals surface area contributed by atoms with Gasteiger partial charge in [-0.3, -0.25) is 9.58 Å². The summed E-state index contributed by atoms with van der Waals surface area (Å²) in [7, 11) is 1.64. The highest BCUT2D eigenvalue weighted by Gasteiger charge is 2.11. The van der Waals surface area contributed by atoms with Gasteiger partial charge in [-0.05, 0) is 6.92 Å². The van der Waals surface area contributed by atoms with Crippen LogP contribution in [0.5, 0.6) is 0 Å². The summed E-state index contributed by atoms with van der Waals surface area (Å²) in [6, 6.07) is 9.46. The summed E-state index contributed by atoms with van der Waals surface area (Å²) >= 11 is 0. The molecule has 2 rings (SSSR count). The monoisotopic (exact) mass is 245 g/mol.